The normalized spacial score (nSPS) is 17.0. The Hall–Kier alpha value is -1.85. The lowest BCUT2D eigenvalue weighted by molar-refractivity contribution is -0.124. The second-order valence-corrected chi connectivity index (χ2v) is 6.65. The molecule has 2 amide bonds. The van der Waals surface area contributed by atoms with E-state index in [0.29, 0.717) is 11.6 Å². The quantitative estimate of drug-likeness (QED) is 0.657. The van der Waals surface area contributed by atoms with Gasteiger partial charge in [0.15, 0.2) is 0 Å². The molecule has 128 valence electrons. The molecule has 0 N–H and O–H groups in total. The average Bonchev–Trinajstić information content (AvgIpc) is 2.84. The van der Waals surface area contributed by atoms with Crippen LogP contribution in [0.15, 0.2) is 47.4 Å². The summed E-state index contributed by atoms with van der Waals surface area (Å²) in [4.78, 5) is 28.6. The van der Waals surface area contributed by atoms with Crippen molar-refractivity contribution in [2.75, 3.05) is 19.8 Å². The number of imide groups is 1. The molecule has 1 heterocycles. The maximum absolute atomic E-state index is 12.5. The van der Waals surface area contributed by atoms with E-state index in [0.717, 1.165) is 43.3 Å². The fourth-order valence-electron chi connectivity index (χ4n) is 2.53. The number of carbonyl (C=O) groups excluding carboxylic acids is 2. The molecule has 24 heavy (non-hydrogen) atoms. The van der Waals surface area contributed by atoms with Gasteiger partial charge in [0.2, 0.25) is 0 Å². The number of hydrogen-bond acceptors (Lipinski definition) is 4. The maximum atomic E-state index is 12.5. The number of thioether (sulfide) groups is 1. The van der Waals surface area contributed by atoms with Crippen molar-refractivity contribution in [1.82, 2.24) is 9.80 Å². The molecule has 1 fully saturated rings. The Bertz CT molecular complexity index is 620. The SMILES string of the molecule is CCCN(CCC)CN1C(=O)S/C(=C\C=C\c2ccccc2)C1=O. The van der Waals surface area contributed by atoms with Crippen molar-refractivity contribution in [1.29, 1.82) is 0 Å². The molecule has 0 aliphatic carbocycles. The van der Waals surface area contributed by atoms with Crippen LogP contribution in [-0.2, 0) is 4.79 Å². The summed E-state index contributed by atoms with van der Waals surface area (Å²) in [7, 11) is 0. The number of nitrogens with zero attached hydrogens (tertiary/aromatic N) is 2. The third-order valence-corrected chi connectivity index (χ3v) is 4.56. The summed E-state index contributed by atoms with van der Waals surface area (Å²) in [6.45, 7) is 6.37. The molecular weight excluding hydrogens is 320 g/mol. The van der Waals surface area contributed by atoms with Crippen LogP contribution in [0.4, 0.5) is 4.79 Å². The predicted octanol–water partition coefficient (Wildman–Crippen LogP) is 4.36. The number of benzene rings is 1. The van der Waals surface area contributed by atoms with Gasteiger partial charge in [-0.15, -0.1) is 0 Å². The molecular formula is C19H24N2O2S. The minimum atomic E-state index is -0.195. The molecule has 1 aromatic carbocycles. The fraction of sp³-hybridized carbons (Fsp3) is 0.368. The Morgan fingerprint density at radius 3 is 2.38 bits per heavy atom. The Morgan fingerprint density at radius 1 is 1.08 bits per heavy atom. The van der Waals surface area contributed by atoms with E-state index < -0.39 is 0 Å². The van der Waals surface area contributed by atoms with E-state index in [4.69, 9.17) is 0 Å². The topological polar surface area (TPSA) is 40.6 Å². The predicted molar refractivity (Wildman–Crippen MR) is 100 cm³/mol. The highest BCUT2D eigenvalue weighted by Gasteiger charge is 2.35. The molecule has 4 nitrogen and oxygen atoms in total. The number of amides is 2. The summed E-state index contributed by atoms with van der Waals surface area (Å²) < 4.78 is 0. The second-order valence-electron chi connectivity index (χ2n) is 5.66. The van der Waals surface area contributed by atoms with E-state index in [9.17, 15) is 9.59 Å². The third kappa shape index (κ3) is 5.08. The minimum Gasteiger partial charge on any atom is -0.286 e. The first kappa shape index (κ1) is 18.5. The van der Waals surface area contributed by atoms with Crippen molar-refractivity contribution < 1.29 is 9.59 Å². The number of rotatable bonds is 8. The molecule has 0 aromatic heterocycles. The molecule has 0 unspecified atom stereocenters. The number of carbonyl (C=O) groups is 2. The van der Waals surface area contributed by atoms with Crippen LogP contribution >= 0.6 is 11.8 Å². The van der Waals surface area contributed by atoms with Gasteiger partial charge in [-0.25, -0.2) is 0 Å². The zero-order valence-electron chi connectivity index (χ0n) is 14.3. The van der Waals surface area contributed by atoms with Gasteiger partial charge in [-0.3, -0.25) is 19.4 Å². The van der Waals surface area contributed by atoms with Crippen LogP contribution in [-0.4, -0.2) is 40.7 Å². The molecule has 2 rings (SSSR count). The lowest BCUT2D eigenvalue weighted by atomic mass is 10.2. The van der Waals surface area contributed by atoms with Crippen LogP contribution in [0.5, 0.6) is 0 Å². The average molecular weight is 344 g/mol. The van der Waals surface area contributed by atoms with Gasteiger partial charge in [-0.05, 0) is 49.3 Å². The third-order valence-electron chi connectivity index (χ3n) is 3.63. The lowest BCUT2D eigenvalue weighted by Crippen LogP contribution is -2.41. The second kappa shape index (κ2) is 9.45. The summed E-state index contributed by atoms with van der Waals surface area (Å²) in [5.41, 5.74) is 1.06. The van der Waals surface area contributed by atoms with E-state index >= 15 is 0 Å². The summed E-state index contributed by atoms with van der Waals surface area (Å²) in [5, 5.41) is -0.184. The molecule has 1 aromatic rings. The smallest absolute Gasteiger partial charge is 0.286 e. The van der Waals surface area contributed by atoms with Gasteiger partial charge < -0.3 is 0 Å². The standard InChI is InChI=1S/C19H24N2O2S/c1-3-13-20(14-4-2)15-21-18(22)17(24-19(21)23)12-8-11-16-9-6-5-7-10-16/h5-12H,3-4,13-15H2,1-2H3/b11-8+,17-12-. The monoisotopic (exact) mass is 344 g/mol. The van der Waals surface area contributed by atoms with Crippen LogP contribution in [0.25, 0.3) is 6.08 Å². The minimum absolute atomic E-state index is 0.184. The van der Waals surface area contributed by atoms with Crippen LogP contribution in [0, 0.1) is 0 Å². The van der Waals surface area contributed by atoms with Crippen LogP contribution in [0.2, 0.25) is 0 Å². The molecule has 0 spiro atoms. The molecule has 0 atom stereocenters. The first-order valence-corrected chi connectivity index (χ1v) is 9.16. The van der Waals surface area contributed by atoms with Gasteiger partial charge in [-0.2, -0.15) is 0 Å². The highest BCUT2D eigenvalue weighted by Crippen LogP contribution is 2.30. The Morgan fingerprint density at radius 2 is 1.75 bits per heavy atom. The Balaban J connectivity index is 2.02. The first-order chi connectivity index (χ1) is 11.7. The highest BCUT2D eigenvalue weighted by molar-refractivity contribution is 8.18. The Kier molecular flexibility index (Phi) is 7.28. The van der Waals surface area contributed by atoms with Gasteiger partial charge in [0.25, 0.3) is 11.1 Å². The van der Waals surface area contributed by atoms with Crippen LogP contribution in [0.3, 0.4) is 0 Å². The van der Waals surface area contributed by atoms with Crippen molar-refractivity contribution in [3.8, 4) is 0 Å². The molecule has 1 saturated heterocycles. The van der Waals surface area contributed by atoms with Gasteiger partial charge in [0.1, 0.15) is 0 Å². The highest BCUT2D eigenvalue weighted by atomic mass is 32.2. The molecule has 5 heteroatoms. The van der Waals surface area contributed by atoms with Crippen molar-refractivity contribution >= 4 is 29.0 Å². The zero-order valence-corrected chi connectivity index (χ0v) is 15.1. The summed E-state index contributed by atoms with van der Waals surface area (Å²) >= 11 is 1.02. The van der Waals surface area contributed by atoms with Gasteiger partial charge in [-0.1, -0.05) is 56.3 Å². The van der Waals surface area contributed by atoms with E-state index in [-0.39, 0.29) is 11.1 Å². The van der Waals surface area contributed by atoms with E-state index in [1.54, 1.807) is 6.08 Å². The maximum Gasteiger partial charge on any atom is 0.294 e. The zero-order chi connectivity index (χ0) is 17.4. The van der Waals surface area contributed by atoms with Gasteiger partial charge in [0, 0.05) is 0 Å². The van der Waals surface area contributed by atoms with Crippen LogP contribution < -0.4 is 0 Å². The van der Waals surface area contributed by atoms with Crippen molar-refractivity contribution in [2.24, 2.45) is 0 Å². The van der Waals surface area contributed by atoms with Gasteiger partial charge in [0.05, 0.1) is 11.6 Å². The largest absolute Gasteiger partial charge is 0.294 e. The molecule has 0 radical (unpaired) electrons. The molecule has 0 bridgehead atoms. The first-order valence-electron chi connectivity index (χ1n) is 8.35. The summed E-state index contributed by atoms with van der Waals surface area (Å²) in [6, 6.07) is 9.86. The number of hydrogen-bond donors (Lipinski definition) is 0. The van der Waals surface area contributed by atoms with E-state index in [1.807, 2.05) is 42.5 Å². The van der Waals surface area contributed by atoms with E-state index in [1.165, 1.54) is 4.90 Å². The van der Waals surface area contributed by atoms with Gasteiger partial charge >= 0.3 is 0 Å². The Labute approximate surface area is 148 Å². The van der Waals surface area contributed by atoms with Crippen molar-refractivity contribution in [2.45, 2.75) is 26.7 Å². The molecule has 1 aliphatic rings. The van der Waals surface area contributed by atoms with Crippen molar-refractivity contribution in [3.05, 3.63) is 53.0 Å². The van der Waals surface area contributed by atoms with Crippen LogP contribution in [0.1, 0.15) is 32.3 Å². The summed E-state index contributed by atoms with van der Waals surface area (Å²) in [6.07, 6.45) is 7.48. The van der Waals surface area contributed by atoms with Crippen molar-refractivity contribution in [3.63, 3.8) is 0 Å². The van der Waals surface area contributed by atoms with E-state index in [2.05, 4.69) is 18.7 Å². The summed E-state index contributed by atoms with van der Waals surface area (Å²) in [5.74, 6) is -0.195. The lowest BCUT2D eigenvalue weighted by Gasteiger charge is -2.25. The number of allylic oxidation sites excluding steroid dienone is 2. The fourth-order valence-corrected chi connectivity index (χ4v) is 3.32. The molecule has 1 aliphatic heterocycles. The molecule has 0 saturated carbocycles.